The number of methoxy groups -OCH3 is 2. The second-order valence-corrected chi connectivity index (χ2v) is 14.6. The van der Waals surface area contributed by atoms with Crippen LogP contribution in [0.5, 0.6) is 11.5 Å². The molecule has 282 valence electrons. The molecule has 4 heterocycles. The smallest absolute Gasteiger partial charge is 0.243 e. The molecule has 1 unspecified atom stereocenters. The summed E-state index contributed by atoms with van der Waals surface area (Å²) < 4.78 is 12.6. The number of aromatic nitrogens is 5. The lowest BCUT2D eigenvalue weighted by Gasteiger charge is -2.34. The van der Waals surface area contributed by atoms with E-state index in [0.29, 0.717) is 47.7 Å². The van der Waals surface area contributed by atoms with Crippen LogP contribution in [0.25, 0.3) is 5.65 Å². The molecule has 0 spiro atoms. The van der Waals surface area contributed by atoms with Crippen LogP contribution >= 0.6 is 0 Å². The Morgan fingerprint density at radius 1 is 0.925 bits per heavy atom. The van der Waals surface area contributed by atoms with E-state index in [4.69, 9.17) is 29.5 Å². The molecule has 5 aromatic rings. The first-order valence-electron chi connectivity index (χ1n) is 18.7. The molecule has 0 amide bonds. The molecular formula is C41H55N9O3. The van der Waals surface area contributed by atoms with Crippen LogP contribution in [0.1, 0.15) is 73.6 Å². The fourth-order valence-electron chi connectivity index (χ4n) is 7.26. The van der Waals surface area contributed by atoms with Crippen LogP contribution in [0.4, 0.5) is 17.6 Å². The molecule has 0 radical (unpaired) electrons. The summed E-state index contributed by atoms with van der Waals surface area (Å²) in [5.74, 6) is 4.40. The van der Waals surface area contributed by atoms with E-state index in [-0.39, 0.29) is 6.04 Å². The average molecular weight is 722 g/mol. The lowest BCUT2D eigenvalue weighted by atomic mass is 9.96. The third-order valence-electron chi connectivity index (χ3n) is 10.0. The van der Waals surface area contributed by atoms with Crippen molar-refractivity contribution in [3.8, 4) is 11.5 Å². The minimum Gasteiger partial charge on any atom is -0.497 e. The third-order valence-corrected chi connectivity index (χ3v) is 10.0. The molecular weight excluding hydrogens is 667 g/mol. The van der Waals surface area contributed by atoms with Gasteiger partial charge in [0.2, 0.25) is 5.95 Å². The second-order valence-electron chi connectivity index (χ2n) is 14.6. The number of anilines is 3. The summed E-state index contributed by atoms with van der Waals surface area (Å²) in [7, 11) is 7.62. The summed E-state index contributed by atoms with van der Waals surface area (Å²) in [6, 6.07) is 18.3. The van der Waals surface area contributed by atoms with Crippen molar-refractivity contribution in [3.63, 3.8) is 0 Å². The van der Waals surface area contributed by atoms with Crippen molar-refractivity contribution in [2.45, 2.75) is 71.7 Å². The Kier molecular flexibility index (Phi) is 12.3. The molecule has 1 aliphatic rings. The van der Waals surface area contributed by atoms with Crippen molar-refractivity contribution in [1.82, 2.24) is 29.5 Å². The SMILES string of the molecule is CCC[C@H](C)Nc1nc(N(Cc2ccc(OC)cc2)Cc2ccc(OC)cc2)c2ncc(C(O)c3cnc(N4CCC(CN(C)C)CC4)c(C)c3)n2n1. The minimum atomic E-state index is -1.00. The van der Waals surface area contributed by atoms with Crippen molar-refractivity contribution in [3.05, 3.63) is 94.9 Å². The van der Waals surface area contributed by atoms with Gasteiger partial charge in [-0.1, -0.05) is 37.6 Å². The molecule has 1 fully saturated rings. The maximum absolute atomic E-state index is 11.9. The molecule has 2 aromatic carbocycles. The number of aliphatic hydroxyl groups is 1. The molecule has 3 aromatic heterocycles. The van der Waals surface area contributed by atoms with Gasteiger partial charge in [0, 0.05) is 50.5 Å². The van der Waals surface area contributed by atoms with Crippen LogP contribution in [0.3, 0.4) is 0 Å². The molecule has 12 nitrogen and oxygen atoms in total. The van der Waals surface area contributed by atoms with Gasteiger partial charge in [-0.3, -0.25) is 0 Å². The molecule has 1 saturated heterocycles. The Morgan fingerprint density at radius 3 is 2.09 bits per heavy atom. The zero-order chi connectivity index (χ0) is 37.5. The number of piperidine rings is 1. The zero-order valence-electron chi connectivity index (χ0n) is 32.3. The molecule has 12 heteroatoms. The quantitative estimate of drug-likeness (QED) is 0.116. The largest absolute Gasteiger partial charge is 0.497 e. The molecule has 1 aliphatic heterocycles. The molecule has 6 rings (SSSR count). The Hall–Kier alpha value is -4.94. The number of hydrogen-bond donors (Lipinski definition) is 2. The van der Waals surface area contributed by atoms with Crippen LogP contribution in [-0.4, -0.2) is 88.6 Å². The van der Waals surface area contributed by atoms with E-state index in [0.717, 1.165) is 79.3 Å². The van der Waals surface area contributed by atoms with Gasteiger partial charge in [-0.2, -0.15) is 4.98 Å². The van der Waals surface area contributed by atoms with Gasteiger partial charge in [-0.05, 0) is 100 Å². The predicted octanol–water partition coefficient (Wildman–Crippen LogP) is 6.51. The van der Waals surface area contributed by atoms with Crippen LogP contribution in [0.15, 0.2) is 67.0 Å². The summed E-state index contributed by atoms with van der Waals surface area (Å²) >= 11 is 0. The highest BCUT2D eigenvalue weighted by Crippen LogP contribution is 2.32. The van der Waals surface area contributed by atoms with Gasteiger partial charge in [0.1, 0.15) is 23.4 Å². The van der Waals surface area contributed by atoms with E-state index in [2.05, 4.69) is 79.1 Å². The fraction of sp³-hybridized carbons (Fsp3) is 0.463. The van der Waals surface area contributed by atoms with E-state index in [1.165, 1.54) is 0 Å². The summed E-state index contributed by atoms with van der Waals surface area (Å²) in [6.45, 7) is 10.6. The summed E-state index contributed by atoms with van der Waals surface area (Å²) in [4.78, 5) is 21.7. The van der Waals surface area contributed by atoms with Crippen molar-refractivity contribution in [1.29, 1.82) is 0 Å². The zero-order valence-corrected chi connectivity index (χ0v) is 32.3. The first-order chi connectivity index (χ1) is 25.6. The number of imidazole rings is 1. The second kappa shape index (κ2) is 17.3. The first-order valence-corrected chi connectivity index (χ1v) is 18.7. The number of nitrogens with one attached hydrogen (secondary N) is 1. The van der Waals surface area contributed by atoms with Gasteiger partial charge < -0.3 is 34.6 Å². The van der Waals surface area contributed by atoms with Crippen LogP contribution < -0.4 is 24.6 Å². The van der Waals surface area contributed by atoms with Gasteiger partial charge in [0.15, 0.2) is 11.5 Å². The highest BCUT2D eigenvalue weighted by molar-refractivity contribution is 5.66. The van der Waals surface area contributed by atoms with Crippen LogP contribution in [-0.2, 0) is 13.1 Å². The maximum Gasteiger partial charge on any atom is 0.243 e. The maximum atomic E-state index is 11.9. The van der Waals surface area contributed by atoms with E-state index in [1.54, 1.807) is 31.1 Å². The number of benzene rings is 2. The topological polar surface area (TPSA) is 116 Å². The number of aliphatic hydroxyl groups excluding tert-OH is 1. The predicted molar refractivity (Wildman–Crippen MR) is 211 cm³/mol. The Bertz CT molecular complexity index is 1870. The molecule has 2 atom stereocenters. The van der Waals surface area contributed by atoms with Gasteiger partial charge in [-0.25, -0.2) is 14.5 Å². The molecule has 53 heavy (non-hydrogen) atoms. The van der Waals surface area contributed by atoms with E-state index < -0.39 is 6.10 Å². The van der Waals surface area contributed by atoms with E-state index in [1.807, 2.05) is 30.3 Å². The monoisotopic (exact) mass is 721 g/mol. The fourth-order valence-corrected chi connectivity index (χ4v) is 7.26. The minimum absolute atomic E-state index is 0.145. The number of hydrogen-bond acceptors (Lipinski definition) is 11. The normalized spacial score (nSPS) is 14.8. The summed E-state index contributed by atoms with van der Waals surface area (Å²) in [5, 5.41) is 20.4. The van der Waals surface area contributed by atoms with Crippen LogP contribution in [0.2, 0.25) is 0 Å². The van der Waals surface area contributed by atoms with Crippen molar-refractivity contribution in [2.75, 3.05) is 63.1 Å². The molecule has 0 saturated carbocycles. The number of pyridine rings is 1. The van der Waals surface area contributed by atoms with E-state index >= 15 is 0 Å². The average Bonchev–Trinajstić information content (AvgIpc) is 3.58. The van der Waals surface area contributed by atoms with Crippen molar-refractivity contribution < 1.29 is 14.6 Å². The lowest BCUT2D eigenvalue weighted by molar-refractivity contribution is 0.212. The van der Waals surface area contributed by atoms with Crippen LogP contribution in [0, 0.1) is 12.8 Å². The highest BCUT2D eigenvalue weighted by Gasteiger charge is 2.26. The highest BCUT2D eigenvalue weighted by atomic mass is 16.5. The first kappa shape index (κ1) is 37.8. The summed E-state index contributed by atoms with van der Waals surface area (Å²) in [6.07, 6.45) is 6.77. The lowest BCUT2D eigenvalue weighted by Crippen LogP contribution is -2.37. The number of ether oxygens (including phenoxy) is 2. The number of rotatable bonds is 16. The van der Waals surface area contributed by atoms with Crippen molar-refractivity contribution in [2.24, 2.45) is 5.92 Å². The Balaban J connectivity index is 1.36. The standard InChI is InChI=1S/C41H55N9O3/c1-8-9-29(3)44-41-45-40(49(26-30-10-14-34(52-6)15-11-30)27-31-12-16-35(53-7)17-13-31)39-43-24-36(50(39)46-41)37(51)33-22-28(2)38(42-23-33)48-20-18-32(19-21-48)25-47(4)5/h10-17,22-24,29,32,37,51H,8-9,18-21,25-27H2,1-7H3,(H,44,46)/t29-,37?/m0/s1. The number of aryl methyl sites for hydroxylation is 1. The van der Waals surface area contributed by atoms with E-state index in [9.17, 15) is 5.11 Å². The number of nitrogens with zero attached hydrogens (tertiary/aromatic N) is 8. The van der Waals surface area contributed by atoms with Gasteiger partial charge in [-0.15, -0.1) is 5.10 Å². The van der Waals surface area contributed by atoms with Gasteiger partial charge in [0.25, 0.3) is 0 Å². The Labute approximate surface area is 313 Å². The van der Waals surface area contributed by atoms with Crippen molar-refractivity contribution >= 4 is 23.2 Å². The number of fused-ring (bicyclic) bond motifs is 1. The third kappa shape index (κ3) is 9.17. The molecule has 0 aliphatic carbocycles. The summed E-state index contributed by atoms with van der Waals surface area (Å²) in [5.41, 5.74) is 5.00. The molecule has 2 N–H and O–H groups in total. The molecule has 0 bridgehead atoms. The Morgan fingerprint density at radius 2 is 1.55 bits per heavy atom. The van der Waals surface area contributed by atoms with Gasteiger partial charge >= 0.3 is 0 Å². The van der Waals surface area contributed by atoms with Gasteiger partial charge in [0.05, 0.1) is 26.1 Å².